The van der Waals surface area contributed by atoms with E-state index >= 15 is 0 Å². The highest BCUT2D eigenvalue weighted by Crippen LogP contribution is 2.25. The molecule has 0 unspecified atom stereocenters. The van der Waals surface area contributed by atoms with Gasteiger partial charge < -0.3 is 4.90 Å². The maximum Gasteiger partial charge on any atom is 0.226 e. The van der Waals surface area contributed by atoms with Gasteiger partial charge in [-0.1, -0.05) is 12.1 Å². The Hall–Kier alpha value is -1.31. The molecular formula is C13H17NO. The normalized spacial score (nSPS) is 16.9. The molecular weight excluding hydrogens is 186 g/mol. The van der Waals surface area contributed by atoms with E-state index in [0.717, 1.165) is 25.1 Å². The molecule has 1 amide bonds. The summed E-state index contributed by atoms with van der Waals surface area (Å²) in [5.41, 5.74) is 3.50. The molecule has 1 aliphatic heterocycles. The zero-order chi connectivity index (χ0) is 10.8. The zero-order valence-corrected chi connectivity index (χ0v) is 9.42. The Kier molecular flexibility index (Phi) is 2.76. The van der Waals surface area contributed by atoms with E-state index in [0.29, 0.717) is 6.42 Å². The van der Waals surface area contributed by atoms with Crippen molar-refractivity contribution in [3.05, 3.63) is 29.3 Å². The summed E-state index contributed by atoms with van der Waals surface area (Å²) in [6.07, 6.45) is 2.87. The molecule has 1 aromatic carbocycles. The third kappa shape index (κ3) is 2.04. The molecule has 0 atom stereocenters. The lowest BCUT2D eigenvalue weighted by molar-refractivity contribution is -0.119. The van der Waals surface area contributed by atoms with Crippen LogP contribution < -0.4 is 4.90 Å². The molecule has 15 heavy (non-hydrogen) atoms. The third-order valence-electron chi connectivity index (χ3n) is 2.98. The van der Waals surface area contributed by atoms with Gasteiger partial charge in [-0.3, -0.25) is 4.79 Å². The highest BCUT2D eigenvalue weighted by Gasteiger charge is 2.20. The van der Waals surface area contributed by atoms with E-state index in [4.69, 9.17) is 0 Å². The second-order valence-corrected chi connectivity index (χ2v) is 4.29. The first-order valence-corrected chi connectivity index (χ1v) is 5.56. The van der Waals surface area contributed by atoms with Crippen molar-refractivity contribution in [2.45, 2.75) is 33.1 Å². The molecule has 1 saturated heterocycles. The molecule has 0 radical (unpaired) electrons. The molecule has 1 aliphatic rings. The summed E-state index contributed by atoms with van der Waals surface area (Å²) in [6.45, 7) is 5.01. The summed E-state index contributed by atoms with van der Waals surface area (Å²) in [4.78, 5) is 13.7. The van der Waals surface area contributed by atoms with Gasteiger partial charge in [0.1, 0.15) is 0 Å². The van der Waals surface area contributed by atoms with Gasteiger partial charge in [0.15, 0.2) is 0 Å². The van der Waals surface area contributed by atoms with Gasteiger partial charge in [-0.2, -0.15) is 0 Å². The lowest BCUT2D eigenvalue weighted by Crippen LogP contribution is -2.35. The standard InChI is InChI=1S/C13H17NO/c1-10-6-7-11(2)12(9-10)14-8-4-3-5-13(14)15/h6-7,9H,3-5,8H2,1-2H3. The van der Waals surface area contributed by atoms with Crippen LogP contribution in [-0.2, 0) is 4.79 Å². The average Bonchev–Trinajstić information content (AvgIpc) is 2.23. The topological polar surface area (TPSA) is 20.3 Å². The fourth-order valence-electron chi connectivity index (χ4n) is 2.07. The summed E-state index contributed by atoms with van der Waals surface area (Å²) in [5.74, 6) is 0.273. The maximum atomic E-state index is 11.8. The summed E-state index contributed by atoms with van der Waals surface area (Å²) in [7, 11) is 0. The molecule has 1 heterocycles. The number of piperidine rings is 1. The molecule has 0 spiro atoms. The lowest BCUT2D eigenvalue weighted by atomic mass is 10.1. The minimum Gasteiger partial charge on any atom is -0.312 e. The number of carbonyl (C=O) groups excluding carboxylic acids is 1. The molecule has 2 nitrogen and oxygen atoms in total. The van der Waals surface area contributed by atoms with E-state index in [1.165, 1.54) is 11.1 Å². The Labute approximate surface area is 90.9 Å². The van der Waals surface area contributed by atoms with Gasteiger partial charge in [0.2, 0.25) is 5.91 Å². The molecule has 80 valence electrons. The van der Waals surface area contributed by atoms with Crippen LogP contribution in [-0.4, -0.2) is 12.5 Å². The number of nitrogens with zero attached hydrogens (tertiary/aromatic N) is 1. The van der Waals surface area contributed by atoms with Crippen molar-refractivity contribution in [2.24, 2.45) is 0 Å². The highest BCUT2D eigenvalue weighted by molar-refractivity contribution is 5.94. The Morgan fingerprint density at radius 2 is 2.00 bits per heavy atom. The van der Waals surface area contributed by atoms with Crippen LogP contribution in [0.4, 0.5) is 5.69 Å². The van der Waals surface area contributed by atoms with Crippen LogP contribution in [0.15, 0.2) is 18.2 Å². The lowest BCUT2D eigenvalue weighted by Gasteiger charge is -2.28. The van der Waals surface area contributed by atoms with Crippen LogP contribution in [0.1, 0.15) is 30.4 Å². The largest absolute Gasteiger partial charge is 0.312 e. The predicted octanol–water partition coefficient (Wildman–Crippen LogP) is 2.82. The van der Waals surface area contributed by atoms with Gasteiger partial charge >= 0.3 is 0 Å². The number of anilines is 1. The average molecular weight is 203 g/mol. The predicted molar refractivity (Wildman–Crippen MR) is 62.1 cm³/mol. The smallest absolute Gasteiger partial charge is 0.226 e. The van der Waals surface area contributed by atoms with E-state index < -0.39 is 0 Å². The number of aryl methyl sites for hydroxylation is 2. The summed E-state index contributed by atoms with van der Waals surface area (Å²) >= 11 is 0. The summed E-state index contributed by atoms with van der Waals surface area (Å²) < 4.78 is 0. The first-order chi connectivity index (χ1) is 7.18. The molecule has 2 rings (SSSR count). The second kappa shape index (κ2) is 4.05. The zero-order valence-electron chi connectivity index (χ0n) is 9.42. The van der Waals surface area contributed by atoms with Gasteiger partial charge in [0.25, 0.3) is 0 Å². The molecule has 0 bridgehead atoms. The van der Waals surface area contributed by atoms with Crippen LogP contribution in [0.5, 0.6) is 0 Å². The van der Waals surface area contributed by atoms with Crippen molar-refractivity contribution < 1.29 is 4.79 Å². The van der Waals surface area contributed by atoms with E-state index in [9.17, 15) is 4.79 Å². The molecule has 0 aliphatic carbocycles. The van der Waals surface area contributed by atoms with Crippen molar-refractivity contribution in [1.29, 1.82) is 0 Å². The Morgan fingerprint density at radius 1 is 1.20 bits per heavy atom. The van der Waals surface area contributed by atoms with Crippen LogP contribution in [0.25, 0.3) is 0 Å². The highest BCUT2D eigenvalue weighted by atomic mass is 16.2. The molecule has 2 heteroatoms. The molecule has 1 fully saturated rings. The molecule has 0 N–H and O–H groups in total. The number of rotatable bonds is 1. The van der Waals surface area contributed by atoms with Crippen molar-refractivity contribution in [3.8, 4) is 0 Å². The van der Waals surface area contributed by atoms with Crippen molar-refractivity contribution in [3.63, 3.8) is 0 Å². The number of benzene rings is 1. The molecule has 0 aromatic heterocycles. The van der Waals surface area contributed by atoms with Gasteiger partial charge in [-0.05, 0) is 43.9 Å². The minimum atomic E-state index is 0.273. The van der Waals surface area contributed by atoms with Crippen molar-refractivity contribution in [1.82, 2.24) is 0 Å². The van der Waals surface area contributed by atoms with Crippen LogP contribution in [0.3, 0.4) is 0 Å². The van der Waals surface area contributed by atoms with E-state index in [-0.39, 0.29) is 5.91 Å². The number of amides is 1. The van der Waals surface area contributed by atoms with E-state index in [2.05, 4.69) is 32.0 Å². The number of carbonyl (C=O) groups is 1. The first kappa shape index (κ1) is 10.2. The second-order valence-electron chi connectivity index (χ2n) is 4.29. The Bertz CT molecular complexity index is 384. The van der Waals surface area contributed by atoms with Crippen LogP contribution in [0, 0.1) is 13.8 Å². The summed E-state index contributed by atoms with van der Waals surface area (Å²) in [6, 6.07) is 6.29. The number of hydrogen-bond acceptors (Lipinski definition) is 1. The monoisotopic (exact) mass is 203 g/mol. The quantitative estimate of drug-likeness (QED) is 0.687. The summed E-state index contributed by atoms with van der Waals surface area (Å²) in [5, 5.41) is 0. The van der Waals surface area contributed by atoms with Gasteiger partial charge in [0, 0.05) is 18.7 Å². The Balaban J connectivity index is 2.34. The van der Waals surface area contributed by atoms with Gasteiger partial charge in [0.05, 0.1) is 0 Å². The van der Waals surface area contributed by atoms with Crippen LogP contribution in [0.2, 0.25) is 0 Å². The van der Waals surface area contributed by atoms with Crippen molar-refractivity contribution >= 4 is 11.6 Å². The molecule has 1 aromatic rings. The Morgan fingerprint density at radius 3 is 2.73 bits per heavy atom. The fourth-order valence-corrected chi connectivity index (χ4v) is 2.07. The fraction of sp³-hybridized carbons (Fsp3) is 0.462. The molecule has 0 saturated carbocycles. The first-order valence-electron chi connectivity index (χ1n) is 5.56. The van der Waals surface area contributed by atoms with Gasteiger partial charge in [-0.15, -0.1) is 0 Å². The van der Waals surface area contributed by atoms with E-state index in [1.807, 2.05) is 4.90 Å². The minimum absolute atomic E-state index is 0.273. The maximum absolute atomic E-state index is 11.8. The third-order valence-corrected chi connectivity index (χ3v) is 2.98. The SMILES string of the molecule is Cc1ccc(C)c(N2CCCCC2=O)c1. The van der Waals surface area contributed by atoms with Crippen LogP contribution >= 0.6 is 0 Å². The van der Waals surface area contributed by atoms with Gasteiger partial charge in [-0.25, -0.2) is 0 Å². The number of hydrogen-bond donors (Lipinski definition) is 0. The van der Waals surface area contributed by atoms with E-state index in [1.54, 1.807) is 0 Å². The van der Waals surface area contributed by atoms with Crippen molar-refractivity contribution in [2.75, 3.05) is 11.4 Å².